The molecule has 1 rings (SSSR count). The molecule has 1 heterocycles. The number of carbonyl (C=O) groups excluding carboxylic acids is 2. The largest absolute Gasteiger partial charge is 0.480 e. The molecule has 0 aromatic heterocycles. The number of hydrogen-bond donors (Lipinski definition) is 1. The van der Waals surface area contributed by atoms with Crippen LogP contribution >= 0.6 is 27.7 Å². The molecule has 0 spiro atoms. The summed E-state index contributed by atoms with van der Waals surface area (Å²) in [5, 5.41) is 7.97. The Hall–Kier alpha value is -0.560. The summed E-state index contributed by atoms with van der Waals surface area (Å²) in [5.41, 5.74) is 0. The van der Waals surface area contributed by atoms with E-state index in [2.05, 4.69) is 15.9 Å². The van der Waals surface area contributed by atoms with Crippen molar-refractivity contribution in [3.63, 3.8) is 0 Å². The number of likely N-dealkylation sites (tertiary alicyclic amines) is 1. The van der Waals surface area contributed by atoms with E-state index < -0.39 is 16.2 Å². The molecule has 1 saturated heterocycles. The smallest absolute Gasteiger partial charge is 0.323 e. The molecule has 0 bridgehead atoms. The summed E-state index contributed by atoms with van der Waals surface area (Å²) >= 11 is 4.05. The lowest BCUT2D eigenvalue weighted by Crippen LogP contribution is -2.61. The zero-order valence-electron chi connectivity index (χ0n) is 7.27. The quantitative estimate of drug-likeness (QED) is 0.594. The average Bonchev–Trinajstić information content (AvgIpc) is 2.09. The first-order valence-electron chi connectivity index (χ1n) is 3.77. The Morgan fingerprint density at radius 2 is 2.21 bits per heavy atom. The first kappa shape index (κ1) is 11.5. The van der Waals surface area contributed by atoms with Gasteiger partial charge in [0.15, 0.2) is 5.12 Å². The standard InChI is InChI=1S/C7H8BrNO4S/c1-3(10)14-7-5(8)6(13)9(7)2-4(11)12/h5,7H,2H2,1H3,(H,11,12)/t5-,7+/m0/s1. The first-order chi connectivity index (χ1) is 6.43. The van der Waals surface area contributed by atoms with Gasteiger partial charge in [-0.15, -0.1) is 0 Å². The Morgan fingerprint density at radius 3 is 2.64 bits per heavy atom. The summed E-state index contributed by atoms with van der Waals surface area (Å²) in [6.45, 7) is 1.03. The number of hydrogen-bond acceptors (Lipinski definition) is 4. The van der Waals surface area contributed by atoms with Crippen molar-refractivity contribution >= 4 is 44.7 Å². The van der Waals surface area contributed by atoms with Crippen molar-refractivity contribution in [1.29, 1.82) is 0 Å². The molecule has 0 aliphatic carbocycles. The minimum Gasteiger partial charge on any atom is -0.480 e. The topological polar surface area (TPSA) is 74.7 Å². The van der Waals surface area contributed by atoms with Gasteiger partial charge in [-0.3, -0.25) is 14.4 Å². The maximum Gasteiger partial charge on any atom is 0.323 e. The molecule has 0 unspecified atom stereocenters. The van der Waals surface area contributed by atoms with Gasteiger partial charge in [0.05, 0.1) is 0 Å². The number of amides is 1. The van der Waals surface area contributed by atoms with Crippen LogP contribution in [-0.2, 0) is 14.4 Å². The van der Waals surface area contributed by atoms with Gasteiger partial charge in [0.2, 0.25) is 5.91 Å². The highest BCUT2D eigenvalue weighted by Gasteiger charge is 2.47. The van der Waals surface area contributed by atoms with Crippen molar-refractivity contribution in [1.82, 2.24) is 4.90 Å². The molecule has 1 N–H and O–H groups in total. The van der Waals surface area contributed by atoms with E-state index in [4.69, 9.17) is 5.11 Å². The number of carboxylic acids is 1. The molecule has 0 aromatic carbocycles. The molecule has 0 aromatic rings. The van der Waals surface area contributed by atoms with Crippen LogP contribution in [-0.4, -0.2) is 43.7 Å². The molecule has 1 fully saturated rings. The molecule has 0 saturated carbocycles. The van der Waals surface area contributed by atoms with E-state index >= 15 is 0 Å². The van der Waals surface area contributed by atoms with Crippen LogP contribution in [0.15, 0.2) is 0 Å². The lowest BCUT2D eigenvalue weighted by atomic mass is 10.2. The third-order valence-electron chi connectivity index (χ3n) is 1.67. The van der Waals surface area contributed by atoms with Crippen LogP contribution in [0.4, 0.5) is 0 Å². The zero-order chi connectivity index (χ0) is 10.9. The second-order valence-corrected chi connectivity index (χ2v) is 5.04. The molecule has 7 heteroatoms. The van der Waals surface area contributed by atoms with E-state index in [-0.39, 0.29) is 17.6 Å². The molecule has 2 atom stereocenters. The summed E-state index contributed by atoms with van der Waals surface area (Å²) in [6, 6.07) is 0. The predicted octanol–water partition coefficient (Wildman–Crippen LogP) is 0.283. The molecule has 1 aliphatic rings. The Kier molecular flexibility index (Phi) is 3.54. The van der Waals surface area contributed by atoms with Crippen LogP contribution in [0.25, 0.3) is 0 Å². The van der Waals surface area contributed by atoms with Crippen molar-refractivity contribution in [3.05, 3.63) is 0 Å². The number of carboxylic acid groups (broad SMARTS) is 1. The van der Waals surface area contributed by atoms with Gasteiger partial charge < -0.3 is 10.0 Å². The van der Waals surface area contributed by atoms with Gasteiger partial charge in [0, 0.05) is 6.92 Å². The fourth-order valence-electron chi connectivity index (χ4n) is 1.09. The minimum atomic E-state index is -1.08. The SMILES string of the molecule is CC(=O)S[C@@H]1[C@@H](Br)C(=O)N1CC(=O)O. The van der Waals surface area contributed by atoms with Crippen molar-refractivity contribution < 1.29 is 19.5 Å². The molecular formula is C7H8BrNO4S. The molecule has 78 valence electrons. The molecule has 1 amide bonds. The highest BCUT2D eigenvalue weighted by atomic mass is 79.9. The monoisotopic (exact) mass is 281 g/mol. The Labute approximate surface area is 93.0 Å². The third-order valence-corrected chi connectivity index (χ3v) is 4.01. The van der Waals surface area contributed by atoms with Gasteiger partial charge in [-0.2, -0.15) is 0 Å². The fourth-order valence-corrected chi connectivity index (χ4v) is 2.84. The van der Waals surface area contributed by atoms with Crippen LogP contribution in [0.5, 0.6) is 0 Å². The van der Waals surface area contributed by atoms with Gasteiger partial charge >= 0.3 is 5.97 Å². The molecule has 0 radical (unpaired) electrons. The van der Waals surface area contributed by atoms with E-state index in [1.165, 1.54) is 6.92 Å². The highest BCUT2D eigenvalue weighted by Crippen LogP contribution is 2.34. The Morgan fingerprint density at radius 1 is 1.64 bits per heavy atom. The molecule has 1 aliphatic heterocycles. The maximum absolute atomic E-state index is 11.2. The van der Waals surface area contributed by atoms with E-state index in [9.17, 15) is 14.4 Å². The summed E-state index contributed by atoms with van der Waals surface area (Å²) in [5.74, 6) is -1.36. The lowest BCUT2D eigenvalue weighted by molar-refractivity contribution is -0.150. The van der Waals surface area contributed by atoms with Gasteiger partial charge in [-0.25, -0.2) is 0 Å². The van der Waals surface area contributed by atoms with Crippen molar-refractivity contribution in [2.75, 3.05) is 6.54 Å². The second kappa shape index (κ2) is 4.31. The normalized spacial score (nSPS) is 25.9. The number of aliphatic carboxylic acids is 1. The Bertz CT molecular complexity index is 295. The van der Waals surface area contributed by atoms with Crippen LogP contribution in [0.1, 0.15) is 6.92 Å². The third kappa shape index (κ3) is 2.27. The van der Waals surface area contributed by atoms with E-state index in [1.807, 2.05) is 0 Å². The number of alkyl halides is 1. The second-order valence-electron chi connectivity index (χ2n) is 2.76. The highest BCUT2D eigenvalue weighted by molar-refractivity contribution is 9.10. The number of nitrogens with zero attached hydrogens (tertiary/aromatic N) is 1. The minimum absolute atomic E-state index is 0.137. The number of thioether (sulfide) groups is 1. The fraction of sp³-hybridized carbons (Fsp3) is 0.571. The van der Waals surface area contributed by atoms with Crippen LogP contribution < -0.4 is 0 Å². The van der Waals surface area contributed by atoms with Crippen molar-refractivity contribution in [2.24, 2.45) is 0 Å². The first-order valence-corrected chi connectivity index (χ1v) is 5.56. The van der Waals surface area contributed by atoms with E-state index in [0.29, 0.717) is 0 Å². The lowest BCUT2D eigenvalue weighted by Gasteiger charge is -2.42. The van der Waals surface area contributed by atoms with Crippen molar-refractivity contribution in [2.45, 2.75) is 17.1 Å². The van der Waals surface area contributed by atoms with Crippen LogP contribution in [0, 0.1) is 0 Å². The maximum atomic E-state index is 11.2. The molecular weight excluding hydrogens is 274 g/mol. The molecule has 5 nitrogen and oxygen atoms in total. The number of rotatable bonds is 3. The zero-order valence-corrected chi connectivity index (χ0v) is 9.67. The summed E-state index contributed by atoms with van der Waals surface area (Å²) in [4.78, 5) is 33.1. The van der Waals surface area contributed by atoms with Gasteiger partial charge in [-0.1, -0.05) is 27.7 Å². The predicted molar refractivity (Wildman–Crippen MR) is 54.1 cm³/mol. The van der Waals surface area contributed by atoms with Crippen LogP contribution in [0.2, 0.25) is 0 Å². The van der Waals surface area contributed by atoms with E-state index in [1.54, 1.807) is 0 Å². The van der Waals surface area contributed by atoms with Gasteiger partial charge in [0.25, 0.3) is 0 Å². The number of halogens is 1. The summed E-state index contributed by atoms with van der Waals surface area (Å²) in [7, 11) is 0. The van der Waals surface area contributed by atoms with Gasteiger partial charge in [0.1, 0.15) is 16.7 Å². The van der Waals surface area contributed by atoms with Crippen LogP contribution in [0.3, 0.4) is 0 Å². The van der Waals surface area contributed by atoms with E-state index in [0.717, 1.165) is 16.7 Å². The Balaban J connectivity index is 2.60. The summed E-state index contributed by atoms with van der Waals surface area (Å²) < 4.78 is 0. The number of β-lactam (4-membered cyclic amide) rings is 1. The summed E-state index contributed by atoms with van der Waals surface area (Å²) in [6.07, 6.45) is 0. The van der Waals surface area contributed by atoms with Gasteiger partial charge in [-0.05, 0) is 0 Å². The average molecular weight is 282 g/mol. The van der Waals surface area contributed by atoms with Crippen molar-refractivity contribution in [3.8, 4) is 0 Å². The number of carbonyl (C=O) groups is 3. The molecule has 14 heavy (non-hydrogen) atoms.